The molecule has 8 nitrogen and oxygen atoms in total. The molecule has 34 heavy (non-hydrogen) atoms. The van der Waals surface area contributed by atoms with Gasteiger partial charge in [-0.1, -0.05) is 0 Å². The van der Waals surface area contributed by atoms with Crippen molar-refractivity contribution in [2.75, 3.05) is 12.9 Å². The van der Waals surface area contributed by atoms with Gasteiger partial charge in [-0.3, -0.25) is 4.90 Å². The summed E-state index contributed by atoms with van der Waals surface area (Å²) in [6.07, 6.45) is 3.39. The number of hydrogen-bond acceptors (Lipinski definition) is 6. The minimum Gasteiger partial charge on any atom is -0.465 e. The number of carbonyl (C=O) groups is 1. The van der Waals surface area contributed by atoms with Crippen LogP contribution in [0.4, 0.5) is 13.6 Å². The van der Waals surface area contributed by atoms with Crippen molar-refractivity contribution in [2.24, 2.45) is 5.92 Å². The molecule has 12 heteroatoms. The molecule has 1 aromatic heterocycles. The average molecular weight is 516 g/mol. The number of nitrogens with one attached hydrogen (secondary N) is 1. The third-order valence-electron chi connectivity index (χ3n) is 7.54. The van der Waals surface area contributed by atoms with Gasteiger partial charge in [-0.2, -0.15) is 0 Å². The number of amides is 1. The molecule has 2 saturated carbocycles. The second-order valence-corrected chi connectivity index (χ2v) is 12.6. The zero-order valence-corrected chi connectivity index (χ0v) is 20.5. The van der Waals surface area contributed by atoms with Gasteiger partial charge in [0.1, 0.15) is 16.3 Å². The van der Waals surface area contributed by atoms with Gasteiger partial charge in [-0.25, -0.2) is 31.7 Å². The highest BCUT2D eigenvalue weighted by atomic mass is 32.2. The van der Waals surface area contributed by atoms with Crippen LogP contribution >= 0.6 is 11.3 Å². The molecule has 6 atom stereocenters. The van der Waals surface area contributed by atoms with Crippen LogP contribution in [0.25, 0.3) is 10.2 Å². The van der Waals surface area contributed by atoms with Crippen molar-refractivity contribution in [2.45, 2.75) is 68.7 Å². The molecule has 5 rings (SSSR count). The highest BCUT2D eigenvalue weighted by Gasteiger charge is 2.60. The first kappa shape index (κ1) is 23.8. The standard InChI is InChI=1S/C22H27F2N3O5S2/c1-11-7-16(26-34(2,30)31)17(27(11)21(28)29)10-32-13-5-6-22(9-12(22)8-13)20-25-18-14(23)3-4-15(24)19(18)33-20/h3-4,11-13,16-17,26H,5-10H2,1-2H3,(H,28,29)/t11-,12?,13?,16+,17+,22?/m1/s1. The first-order valence-electron chi connectivity index (χ1n) is 11.3. The smallest absolute Gasteiger partial charge is 0.407 e. The van der Waals surface area contributed by atoms with Crippen molar-refractivity contribution in [3.63, 3.8) is 0 Å². The molecule has 2 heterocycles. The number of hydrogen-bond donors (Lipinski definition) is 2. The number of ether oxygens (including phenoxy) is 1. The number of likely N-dealkylation sites (tertiary alicyclic amines) is 1. The Labute approximate surface area is 200 Å². The molecular weight excluding hydrogens is 488 g/mol. The fourth-order valence-electron chi connectivity index (χ4n) is 5.85. The summed E-state index contributed by atoms with van der Waals surface area (Å²) in [6, 6.07) is 0.750. The molecule has 2 N–H and O–H groups in total. The number of nitrogens with zero attached hydrogens (tertiary/aromatic N) is 2. The number of fused-ring (bicyclic) bond motifs is 2. The van der Waals surface area contributed by atoms with Gasteiger partial charge >= 0.3 is 6.09 Å². The molecule has 0 bridgehead atoms. The molecule has 3 fully saturated rings. The van der Waals surface area contributed by atoms with Crippen molar-refractivity contribution in [1.29, 1.82) is 0 Å². The Bertz CT molecular complexity index is 1200. The van der Waals surface area contributed by atoms with E-state index in [0.29, 0.717) is 12.3 Å². The summed E-state index contributed by atoms with van der Waals surface area (Å²) in [5.41, 5.74) is -0.0791. The van der Waals surface area contributed by atoms with Gasteiger partial charge in [0.05, 0.1) is 29.7 Å². The third kappa shape index (κ3) is 4.18. The van der Waals surface area contributed by atoms with Gasteiger partial charge in [0.2, 0.25) is 10.0 Å². The van der Waals surface area contributed by atoms with Crippen LogP contribution in [-0.4, -0.2) is 66.6 Å². The van der Waals surface area contributed by atoms with E-state index < -0.39 is 39.8 Å². The van der Waals surface area contributed by atoms with Crippen molar-refractivity contribution >= 4 is 37.7 Å². The fraction of sp³-hybridized carbons (Fsp3) is 0.636. The van der Waals surface area contributed by atoms with Gasteiger partial charge in [-0.05, 0) is 57.1 Å². The molecule has 186 valence electrons. The van der Waals surface area contributed by atoms with Gasteiger partial charge in [0.15, 0.2) is 5.82 Å². The lowest BCUT2D eigenvalue weighted by Crippen LogP contribution is -2.50. The van der Waals surface area contributed by atoms with E-state index in [4.69, 9.17) is 4.74 Å². The van der Waals surface area contributed by atoms with Crippen LogP contribution in [0.15, 0.2) is 12.1 Å². The number of aromatic nitrogens is 1. The van der Waals surface area contributed by atoms with Crippen LogP contribution in [0, 0.1) is 17.6 Å². The molecule has 1 aliphatic heterocycles. The van der Waals surface area contributed by atoms with Gasteiger partial charge < -0.3 is 9.84 Å². The van der Waals surface area contributed by atoms with Crippen LogP contribution in [-0.2, 0) is 20.2 Å². The van der Waals surface area contributed by atoms with Gasteiger partial charge in [-0.15, -0.1) is 11.3 Å². The lowest BCUT2D eigenvalue weighted by atomic mass is 9.87. The first-order chi connectivity index (χ1) is 16.0. The second-order valence-electron chi connectivity index (χ2n) is 9.85. The van der Waals surface area contributed by atoms with Crippen LogP contribution < -0.4 is 4.72 Å². The fourth-order valence-corrected chi connectivity index (χ4v) is 7.94. The van der Waals surface area contributed by atoms with Crippen LogP contribution in [0.2, 0.25) is 0 Å². The van der Waals surface area contributed by atoms with E-state index in [-0.39, 0.29) is 34.4 Å². The average Bonchev–Trinajstić information content (AvgIpc) is 3.13. The first-order valence-corrected chi connectivity index (χ1v) is 14.0. The predicted octanol–water partition coefficient (Wildman–Crippen LogP) is 3.46. The molecule has 2 aliphatic carbocycles. The van der Waals surface area contributed by atoms with Crippen LogP contribution in [0.3, 0.4) is 0 Å². The molecule has 0 spiro atoms. The Morgan fingerprint density at radius 3 is 2.74 bits per heavy atom. The molecule has 3 unspecified atom stereocenters. The highest BCUT2D eigenvalue weighted by Crippen LogP contribution is 2.63. The van der Waals surface area contributed by atoms with Crippen LogP contribution in [0.1, 0.15) is 44.0 Å². The lowest BCUT2D eigenvalue weighted by molar-refractivity contribution is -0.00840. The molecular formula is C22H27F2N3O5S2. The number of halogens is 2. The van der Waals surface area contributed by atoms with E-state index in [0.717, 1.165) is 49.1 Å². The zero-order valence-electron chi connectivity index (χ0n) is 18.8. The largest absolute Gasteiger partial charge is 0.465 e. The molecule has 1 aromatic carbocycles. The number of sulfonamides is 1. The monoisotopic (exact) mass is 515 g/mol. The number of carboxylic acid groups (broad SMARTS) is 1. The van der Waals surface area contributed by atoms with E-state index in [2.05, 4.69) is 9.71 Å². The molecule has 1 amide bonds. The van der Waals surface area contributed by atoms with Gasteiger partial charge in [0, 0.05) is 17.5 Å². The van der Waals surface area contributed by atoms with E-state index in [1.165, 1.54) is 16.2 Å². The number of benzene rings is 1. The Hall–Kier alpha value is -1.89. The molecule has 3 aliphatic rings. The van der Waals surface area contributed by atoms with Crippen molar-refractivity contribution in [3.8, 4) is 0 Å². The Kier molecular flexibility index (Phi) is 5.85. The maximum absolute atomic E-state index is 14.1. The van der Waals surface area contributed by atoms with Crippen molar-refractivity contribution in [1.82, 2.24) is 14.6 Å². The highest BCUT2D eigenvalue weighted by molar-refractivity contribution is 7.88. The summed E-state index contributed by atoms with van der Waals surface area (Å²) >= 11 is 1.23. The Balaban J connectivity index is 1.25. The minimum absolute atomic E-state index is 0.0890. The Morgan fingerprint density at radius 1 is 1.35 bits per heavy atom. The summed E-state index contributed by atoms with van der Waals surface area (Å²) in [5.74, 6) is -0.687. The molecule has 0 radical (unpaired) electrons. The van der Waals surface area contributed by atoms with E-state index in [1.54, 1.807) is 6.92 Å². The quantitative estimate of drug-likeness (QED) is 0.610. The summed E-state index contributed by atoms with van der Waals surface area (Å²) in [4.78, 5) is 17.5. The predicted molar refractivity (Wildman–Crippen MR) is 122 cm³/mol. The third-order valence-corrected chi connectivity index (χ3v) is 9.56. The van der Waals surface area contributed by atoms with Gasteiger partial charge in [0.25, 0.3) is 0 Å². The van der Waals surface area contributed by atoms with Crippen molar-refractivity contribution < 1.29 is 31.8 Å². The van der Waals surface area contributed by atoms with E-state index >= 15 is 0 Å². The SMILES string of the molecule is C[C@@H]1C[C@H](NS(C)(=O)=O)[C@H](COC2CCC3(c4nc5c(F)ccc(F)c5s4)CC3C2)N1C(=O)O. The van der Waals surface area contributed by atoms with Crippen molar-refractivity contribution in [3.05, 3.63) is 28.8 Å². The second kappa shape index (κ2) is 8.35. The summed E-state index contributed by atoms with van der Waals surface area (Å²) in [7, 11) is -3.50. The Morgan fingerprint density at radius 2 is 2.09 bits per heavy atom. The normalized spacial score (nSPS) is 33.3. The topological polar surface area (TPSA) is 109 Å². The minimum atomic E-state index is -3.50. The number of rotatable bonds is 6. The summed E-state index contributed by atoms with van der Waals surface area (Å²) in [6.45, 7) is 1.86. The maximum atomic E-state index is 14.1. The molecule has 1 saturated heterocycles. The maximum Gasteiger partial charge on any atom is 0.407 e. The number of thiazole rings is 1. The molecule has 2 aromatic rings. The zero-order chi connectivity index (χ0) is 24.4. The summed E-state index contributed by atoms with van der Waals surface area (Å²) in [5, 5.41) is 10.4. The van der Waals surface area contributed by atoms with Crippen LogP contribution in [0.5, 0.6) is 0 Å². The van der Waals surface area contributed by atoms with E-state index in [1.807, 2.05) is 0 Å². The lowest BCUT2D eigenvalue weighted by Gasteiger charge is -2.32. The van der Waals surface area contributed by atoms with E-state index in [9.17, 15) is 27.1 Å². The summed E-state index contributed by atoms with van der Waals surface area (Å²) < 4.78 is 60.8.